The van der Waals surface area contributed by atoms with Crippen molar-refractivity contribution in [2.24, 2.45) is 0 Å². The molecule has 2 aromatic carbocycles. The third-order valence-corrected chi connectivity index (χ3v) is 2.93. The first-order valence-corrected chi connectivity index (χ1v) is 6.13. The minimum absolute atomic E-state index is 0.182. The van der Waals surface area contributed by atoms with Gasteiger partial charge in [0.15, 0.2) is 0 Å². The summed E-state index contributed by atoms with van der Waals surface area (Å²) in [6.07, 6.45) is -0.194. The van der Waals surface area contributed by atoms with E-state index in [9.17, 15) is 4.79 Å². The summed E-state index contributed by atoms with van der Waals surface area (Å²) in [5, 5.41) is 9.11. The summed E-state index contributed by atoms with van der Waals surface area (Å²) in [6.45, 7) is 3.93. The smallest absolute Gasteiger partial charge is 0.339 e. The fourth-order valence-corrected chi connectivity index (χ4v) is 1.93. The lowest BCUT2D eigenvalue weighted by atomic mass is 10.1. The Morgan fingerprint density at radius 1 is 1.16 bits per heavy atom. The molecule has 3 heteroatoms. The van der Waals surface area contributed by atoms with Crippen molar-refractivity contribution in [3.8, 4) is 5.75 Å². The molecule has 0 fully saturated rings. The van der Waals surface area contributed by atoms with Gasteiger partial charge >= 0.3 is 5.97 Å². The fourth-order valence-electron chi connectivity index (χ4n) is 1.93. The number of carbonyl (C=O) groups is 1. The molecule has 0 spiro atoms. The highest BCUT2D eigenvalue weighted by atomic mass is 16.5. The Hall–Kier alpha value is -2.29. The minimum atomic E-state index is -0.980. The van der Waals surface area contributed by atoms with Crippen molar-refractivity contribution in [1.29, 1.82) is 0 Å². The quantitative estimate of drug-likeness (QED) is 0.904. The van der Waals surface area contributed by atoms with Crippen LogP contribution >= 0.6 is 0 Å². The molecule has 1 N–H and O–H groups in total. The van der Waals surface area contributed by atoms with Crippen LogP contribution in [0.15, 0.2) is 48.5 Å². The average molecular weight is 256 g/mol. The van der Waals surface area contributed by atoms with Gasteiger partial charge in [-0.2, -0.15) is 0 Å². The van der Waals surface area contributed by atoms with Crippen LogP contribution < -0.4 is 4.74 Å². The number of aryl methyl sites for hydroxylation is 1. The summed E-state index contributed by atoms with van der Waals surface area (Å²) in [7, 11) is 0. The number of benzene rings is 2. The molecule has 0 saturated carbocycles. The molecule has 2 aromatic rings. The number of hydrogen-bond acceptors (Lipinski definition) is 2. The SMILES string of the molecule is Cc1cccc(C(C)Oc2ccccc2C(=O)O)c1. The van der Waals surface area contributed by atoms with Crippen molar-refractivity contribution in [1.82, 2.24) is 0 Å². The predicted molar refractivity (Wildman–Crippen MR) is 73.6 cm³/mol. The zero-order valence-corrected chi connectivity index (χ0v) is 11.0. The van der Waals surface area contributed by atoms with Crippen LogP contribution in [0.3, 0.4) is 0 Å². The maximum absolute atomic E-state index is 11.1. The van der Waals surface area contributed by atoms with Gasteiger partial charge in [0.2, 0.25) is 0 Å². The molecule has 3 nitrogen and oxygen atoms in total. The molecule has 0 aliphatic heterocycles. The summed E-state index contributed by atoms with van der Waals surface area (Å²) in [5.41, 5.74) is 2.36. The molecule has 0 aliphatic carbocycles. The largest absolute Gasteiger partial charge is 0.485 e. The lowest BCUT2D eigenvalue weighted by Crippen LogP contribution is -2.07. The topological polar surface area (TPSA) is 46.5 Å². The van der Waals surface area contributed by atoms with E-state index in [0.717, 1.165) is 11.1 Å². The second-order valence-electron chi connectivity index (χ2n) is 4.48. The number of rotatable bonds is 4. The maximum atomic E-state index is 11.1. The van der Waals surface area contributed by atoms with Crippen molar-refractivity contribution < 1.29 is 14.6 Å². The second-order valence-corrected chi connectivity index (χ2v) is 4.48. The molecule has 19 heavy (non-hydrogen) atoms. The highest BCUT2D eigenvalue weighted by molar-refractivity contribution is 5.90. The monoisotopic (exact) mass is 256 g/mol. The Labute approximate surface area is 112 Å². The van der Waals surface area contributed by atoms with E-state index in [-0.39, 0.29) is 11.7 Å². The van der Waals surface area contributed by atoms with Gasteiger partial charge in [0.25, 0.3) is 0 Å². The average Bonchev–Trinajstić information content (AvgIpc) is 2.39. The summed E-state index contributed by atoms with van der Waals surface area (Å²) >= 11 is 0. The van der Waals surface area contributed by atoms with E-state index in [1.54, 1.807) is 24.3 Å². The molecule has 0 amide bonds. The van der Waals surface area contributed by atoms with Crippen LogP contribution in [0.25, 0.3) is 0 Å². The lowest BCUT2D eigenvalue weighted by molar-refractivity contribution is 0.0689. The van der Waals surface area contributed by atoms with Crippen molar-refractivity contribution in [3.05, 3.63) is 65.2 Å². The van der Waals surface area contributed by atoms with Gasteiger partial charge in [-0.25, -0.2) is 4.79 Å². The molecule has 1 atom stereocenters. The molecular weight excluding hydrogens is 240 g/mol. The van der Waals surface area contributed by atoms with Gasteiger partial charge in [-0.3, -0.25) is 0 Å². The van der Waals surface area contributed by atoms with Gasteiger partial charge in [-0.05, 0) is 31.5 Å². The van der Waals surface area contributed by atoms with Crippen LogP contribution in [0.2, 0.25) is 0 Å². The Bertz CT molecular complexity index is 590. The standard InChI is InChI=1S/C16H16O3/c1-11-6-5-7-13(10-11)12(2)19-15-9-4-3-8-14(15)16(17)18/h3-10,12H,1-2H3,(H,17,18). The van der Waals surface area contributed by atoms with E-state index >= 15 is 0 Å². The minimum Gasteiger partial charge on any atom is -0.485 e. The van der Waals surface area contributed by atoms with Crippen molar-refractivity contribution in [2.45, 2.75) is 20.0 Å². The third-order valence-electron chi connectivity index (χ3n) is 2.93. The molecule has 2 rings (SSSR count). The lowest BCUT2D eigenvalue weighted by Gasteiger charge is -2.17. The number of para-hydroxylation sites is 1. The first-order valence-electron chi connectivity index (χ1n) is 6.13. The second kappa shape index (κ2) is 5.57. The molecule has 98 valence electrons. The van der Waals surface area contributed by atoms with E-state index in [1.807, 2.05) is 38.1 Å². The third kappa shape index (κ3) is 3.13. The zero-order valence-electron chi connectivity index (χ0n) is 11.0. The molecule has 0 bridgehead atoms. The highest BCUT2D eigenvalue weighted by Crippen LogP contribution is 2.25. The van der Waals surface area contributed by atoms with Crippen LogP contribution in [0.4, 0.5) is 0 Å². The van der Waals surface area contributed by atoms with Crippen LogP contribution in [0.5, 0.6) is 5.75 Å². The number of carboxylic acid groups (broad SMARTS) is 1. The van der Waals surface area contributed by atoms with Gasteiger partial charge in [0.05, 0.1) is 0 Å². The van der Waals surface area contributed by atoms with E-state index < -0.39 is 5.97 Å². The maximum Gasteiger partial charge on any atom is 0.339 e. The van der Waals surface area contributed by atoms with Crippen LogP contribution in [0.1, 0.15) is 34.5 Å². The molecule has 0 radical (unpaired) electrons. The summed E-state index contributed by atoms with van der Waals surface area (Å²) in [5.74, 6) is -0.587. The van der Waals surface area contributed by atoms with Crippen LogP contribution in [-0.2, 0) is 0 Å². The molecule has 0 saturated heterocycles. The summed E-state index contributed by atoms with van der Waals surface area (Å²) in [4.78, 5) is 11.1. The van der Waals surface area contributed by atoms with Gasteiger partial charge in [-0.15, -0.1) is 0 Å². The van der Waals surface area contributed by atoms with Crippen LogP contribution in [0, 0.1) is 6.92 Å². The Morgan fingerprint density at radius 3 is 2.58 bits per heavy atom. The molecule has 0 heterocycles. The van der Waals surface area contributed by atoms with Gasteiger partial charge in [0.1, 0.15) is 17.4 Å². The molecule has 0 aliphatic rings. The predicted octanol–water partition coefficient (Wildman–Crippen LogP) is 3.83. The summed E-state index contributed by atoms with van der Waals surface area (Å²) in [6, 6.07) is 14.7. The molecule has 1 unspecified atom stereocenters. The van der Waals surface area contributed by atoms with Crippen molar-refractivity contribution in [3.63, 3.8) is 0 Å². The van der Waals surface area contributed by atoms with E-state index in [1.165, 1.54) is 0 Å². The van der Waals surface area contributed by atoms with E-state index in [2.05, 4.69) is 0 Å². The van der Waals surface area contributed by atoms with Gasteiger partial charge in [-0.1, -0.05) is 42.0 Å². The fraction of sp³-hybridized carbons (Fsp3) is 0.188. The zero-order chi connectivity index (χ0) is 13.8. The van der Waals surface area contributed by atoms with Crippen molar-refractivity contribution >= 4 is 5.97 Å². The number of ether oxygens (including phenoxy) is 1. The number of carboxylic acids is 1. The van der Waals surface area contributed by atoms with Crippen LogP contribution in [-0.4, -0.2) is 11.1 Å². The molecule has 0 aromatic heterocycles. The molecular formula is C16H16O3. The Kier molecular flexibility index (Phi) is 3.85. The Balaban J connectivity index is 2.24. The van der Waals surface area contributed by atoms with Gasteiger partial charge < -0.3 is 9.84 Å². The Morgan fingerprint density at radius 2 is 1.89 bits per heavy atom. The highest BCUT2D eigenvalue weighted by Gasteiger charge is 2.14. The summed E-state index contributed by atoms with van der Waals surface area (Å²) < 4.78 is 5.77. The van der Waals surface area contributed by atoms with Gasteiger partial charge in [0, 0.05) is 0 Å². The van der Waals surface area contributed by atoms with Crippen molar-refractivity contribution in [2.75, 3.05) is 0 Å². The van der Waals surface area contributed by atoms with E-state index in [0.29, 0.717) is 5.75 Å². The number of hydrogen-bond donors (Lipinski definition) is 1. The first kappa shape index (κ1) is 13.1. The van der Waals surface area contributed by atoms with E-state index in [4.69, 9.17) is 9.84 Å². The first-order chi connectivity index (χ1) is 9.08. The number of aromatic carboxylic acids is 1. The normalized spacial score (nSPS) is 11.9.